The maximum Gasteiger partial charge on any atom is 0.380 e. The number of nitrogens with zero attached hydrogens (tertiary/aromatic N) is 3. The van der Waals surface area contributed by atoms with Gasteiger partial charge >= 0.3 is 8.32 Å². The summed E-state index contributed by atoms with van der Waals surface area (Å²) in [5.74, 6) is 0. The Morgan fingerprint density at radius 2 is 1.30 bits per heavy atom. The maximum absolute atomic E-state index is 9.14. The van der Waals surface area contributed by atoms with Crippen molar-refractivity contribution in [1.82, 2.24) is 4.57 Å². The normalized spacial score (nSPS) is 11.3. The average molecular weight is 408 g/mol. The molecule has 30 heavy (non-hydrogen) atoms. The van der Waals surface area contributed by atoms with Crippen molar-refractivity contribution in [3.05, 3.63) is 115 Å². The lowest BCUT2D eigenvalue weighted by Crippen LogP contribution is -2.68. The van der Waals surface area contributed by atoms with Crippen LogP contribution in [0.25, 0.3) is 0 Å². The number of rotatable bonds is 6. The Labute approximate surface area is 177 Å². The largest absolute Gasteiger partial charge is 0.438 e. The quantitative estimate of drug-likeness (QED) is 0.214. The highest BCUT2D eigenvalue weighted by atomic mass is 28.4. The molecule has 0 atom stereocenters. The fourth-order valence-electron chi connectivity index (χ4n) is 3.61. The van der Waals surface area contributed by atoms with Crippen molar-refractivity contribution in [2.24, 2.45) is 12.2 Å². The monoisotopic (exact) mass is 407 g/mol. The zero-order valence-corrected chi connectivity index (χ0v) is 17.6. The van der Waals surface area contributed by atoms with E-state index in [1.54, 1.807) is 18.5 Å². The molecule has 5 heteroatoms. The molecule has 0 saturated heterocycles. The summed E-state index contributed by atoms with van der Waals surface area (Å²) in [6, 6.07) is 34.8. The number of nitriles is 1. The molecule has 0 fully saturated rings. The first kappa shape index (κ1) is 19.4. The molecule has 1 heterocycles. The van der Waals surface area contributed by atoms with E-state index in [4.69, 9.17) is 9.79 Å². The van der Waals surface area contributed by atoms with Gasteiger partial charge in [-0.2, -0.15) is 5.26 Å². The summed E-state index contributed by atoms with van der Waals surface area (Å²) >= 11 is 0. The van der Waals surface area contributed by atoms with Crippen molar-refractivity contribution >= 4 is 30.1 Å². The van der Waals surface area contributed by atoms with Gasteiger partial charge in [-0.15, -0.1) is 5.16 Å². The zero-order chi connectivity index (χ0) is 20.8. The summed E-state index contributed by atoms with van der Waals surface area (Å²) in [5.41, 5.74) is 1.40. The first-order valence-corrected chi connectivity index (χ1v) is 11.6. The molecule has 4 aromatic rings. The Balaban J connectivity index is 1.85. The lowest BCUT2D eigenvalue weighted by molar-refractivity contribution is 0.351. The van der Waals surface area contributed by atoms with Crippen LogP contribution in [0.15, 0.2) is 108 Å². The first-order chi connectivity index (χ1) is 14.7. The molecule has 3 aromatic carbocycles. The van der Waals surface area contributed by atoms with Gasteiger partial charge in [-0.1, -0.05) is 91.0 Å². The van der Waals surface area contributed by atoms with Crippen LogP contribution in [0.2, 0.25) is 0 Å². The standard InChI is InChI=1S/C25H21N3OSi/c1-28-20-21(18-26)17-22(28)19-27-29-30(23-11-5-2-6-12-23,24-13-7-3-8-14-24)25-15-9-4-10-16-25/h2-17,19-20H,1H3/b27-19+. The van der Waals surface area contributed by atoms with Crippen LogP contribution in [0, 0.1) is 11.3 Å². The highest BCUT2D eigenvalue weighted by Crippen LogP contribution is 2.11. The SMILES string of the molecule is Cn1cc(C#N)cc1/C=N/O[Si](c1ccccc1)(c1ccccc1)c1ccccc1. The molecule has 4 rings (SSSR count). The number of aryl methyl sites for hydroxylation is 1. The van der Waals surface area contributed by atoms with Crippen LogP contribution in [0.1, 0.15) is 11.3 Å². The molecule has 1 aromatic heterocycles. The molecule has 0 aliphatic carbocycles. The van der Waals surface area contributed by atoms with Crippen molar-refractivity contribution < 1.29 is 4.53 Å². The summed E-state index contributed by atoms with van der Waals surface area (Å²) in [5, 5.41) is 16.9. The first-order valence-electron chi connectivity index (χ1n) is 9.68. The minimum Gasteiger partial charge on any atom is -0.438 e. The van der Waals surface area contributed by atoms with Gasteiger partial charge in [0.15, 0.2) is 0 Å². The molecule has 4 nitrogen and oxygen atoms in total. The van der Waals surface area contributed by atoms with Crippen LogP contribution < -0.4 is 15.6 Å². The van der Waals surface area contributed by atoms with Crippen LogP contribution in [-0.4, -0.2) is 19.1 Å². The fourth-order valence-corrected chi connectivity index (χ4v) is 7.12. The van der Waals surface area contributed by atoms with Crippen molar-refractivity contribution in [1.29, 1.82) is 5.26 Å². The molecule has 0 spiro atoms. The van der Waals surface area contributed by atoms with Crippen molar-refractivity contribution in [3.63, 3.8) is 0 Å². The molecular formula is C25H21N3OSi. The molecule has 146 valence electrons. The predicted molar refractivity (Wildman–Crippen MR) is 123 cm³/mol. The van der Waals surface area contributed by atoms with Crippen LogP contribution in [0.3, 0.4) is 0 Å². The molecule has 0 unspecified atom stereocenters. The van der Waals surface area contributed by atoms with Crippen LogP contribution in [0.5, 0.6) is 0 Å². The van der Waals surface area contributed by atoms with Crippen molar-refractivity contribution in [2.75, 3.05) is 0 Å². The third kappa shape index (κ3) is 3.69. The zero-order valence-electron chi connectivity index (χ0n) is 16.6. The lowest BCUT2D eigenvalue weighted by atomic mass is 10.3. The molecule has 0 saturated carbocycles. The molecule has 0 amide bonds. The van der Waals surface area contributed by atoms with E-state index < -0.39 is 8.32 Å². The van der Waals surface area contributed by atoms with Gasteiger partial charge in [0.25, 0.3) is 0 Å². The molecule has 0 radical (unpaired) electrons. The van der Waals surface area contributed by atoms with Gasteiger partial charge in [-0.05, 0) is 21.6 Å². The van der Waals surface area contributed by atoms with Gasteiger partial charge in [-0.3, -0.25) is 0 Å². The Bertz CT molecular complexity index is 1080. The van der Waals surface area contributed by atoms with Gasteiger partial charge in [0.2, 0.25) is 0 Å². The van der Waals surface area contributed by atoms with Gasteiger partial charge < -0.3 is 9.09 Å². The lowest BCUT2D eigenvalue weighted by Gasteiger charge is -2.30. The van der Waals surface area contributed by atoms with E-state index in [1.165, 1.54) is 0 Å². The highest BCUT2D eigenvalue weighted by molar-refractivity contribution is 7.07. The van der Waals surface area contributed by atoms with E-state index in [1.807, 2.05) is 66.2 Å². The number of aromatic nitrogens is 1. The van der Waals surface area contributed by atoms with Gasteiger partial charge in [0.1, 0.15) is 6.07 Å². The van der Waals surface area contributed by atoms with Gasteiger partial charge in [-0.25, -0.2) is 0 Å². The Kier molecular flexibility index (Phi) is 5.60. The van der Waals surface area contributed by atoms with E-state index >= 15 is 0 Å². The minimum atomic E-state index is -2.87. The second-order valence-corrected chi connectivity index (χ2v) is 10.3. The molecule has 0 N–H and O–H groups in total. The van der Waals surface area contributed by atoms with E-state index in [2.05, 4.69) is 47.6 Å². The average Bonchev–Trinajstić information content (AvgIpc) is 3.18. The maximum atomic E-state index is 9.14. The number of oxime groups is 1. The minimum absolute atomic E-state index is 0.594. The topological polar surface area (TPSA) is 50.3 Å². The van der Waals surface area contributed by atoms with Crippen molar-refractivity contribution in [2.45, 2.75) is 0 Å². The summed E-state index contributed by atoms with van der Waals surface area (Å²) in [7, 11) is -0.981. The fraction of sp³-hybridized carbons (Fsp3) is 0.0400. The van der Waals surface area contributed by atoms with E-state index in [-0.39, 0.29) is 0 Å². The molecule has 0 aliphatic heterocycles. The summed E-state index contributed by atoms with van der Waals surface area (Å²) in [6.07, 6.45) is 3.45. The third-order valence-electron chi connectivity index (χ3n) is 5.09. The Morgan fingerprint density at radius 1 is 0.833 bits per heavy atom. The van der Waals surface area contributed by atoms with E-state index in [0.717, 1.165) is 21.3 Å². The predicted octanol–water partition coefficient (Wildman–Crippen LogP) is 2.91. The number of hydrogen-bond donors (Lipinski definition) is 0. The van der Waals surface area contributed by atoms with Crippen LogP contribution >= 0.6 is 0 Å². The smallest absolute Gasteiger partial charge is 0.380 e. The molecule has 0 aliphatic rings. The van der Waals surface area contributed by atoms with Crippen LogP contribution in [0.4, 0.5) is 0 Å². The second kappa shape index (κ2) is 8.64. The summed E-state index contributed by atoms with van der Waals surface area (Å²) < 4.78 is 8.37. The summed E-state index contributed by atoms with van der Waals surface area (Å²) in [6.45, 7) is 0. The second-order valence-electron chi connectivity index (χ2n) is 6.98. The third-order valence-corrected chi connectivity index (χ3v) is 8.91. The van der Waals surface area contributed by atoms with E-state index in [0.29, 0.717) is 5.56 Å². The number of hydrogen-bond acceptors (Lipinski definition) is 3. The van der Waals surface area contributed by atoms with Gasteiger partial charge in [0, 0.05) is 13.2 Å². The number of benzene rings is 3. The summed E-state index contributed by atoms with van der Waals surface area (Å²) in [4.78, 5) is 0. The molecular weight excluding hydrogens is 386 g/mol. The highest BCUT2D eigenvalue weighted by Gasteiger charge is 2.44. The Hall–Kier alpha value is -3.88. The molecule has 0 bridgehead atoms. The van der Waals surface area contributed by atoms with E-state index in [9.17, 15) is 0 Å². The Morgan fingerprint density at radius 3 is 1.70 bits per heavy atom. The van der Waals surface area contributed by atoms with Gasteiger partial charge in [0.05, 0.1) is 17.5 Å². The van der Waals surface area contributed by atoms with Crippen molar-refractivity contribution in [3.8, 4) is 6.07 Å². The van der Waals surface area contributed by atoms with Crippen LogP contribution in [-0.2, 0) is 11.6 Å².